The number of amides is 2. The second-order valence-corrected chi connectivity index (χ2v) is 5.05. The lowest BCUT2D eigenvalue weighted by atomic mass is 10.2. The summed E-state index contributed by atoms with van der Waals surface area (Å²) in [4.78, 5) is 24.6. The minimum absolute atomic E-state index is 0.0739. The van der Waals surface area contributed by atoms with E-state index in [0.29, 0.717) is 12.2 Å². The van der Waals surface area contributed by atoms with Gasteiger partial charge in [0.1, 0.15) is 0 Å². The first-order valence-corrected chi connectivity index (χ1v) is 6.87. The normalized spacial score (nSPS) is 10.1. The van der Waals surface area contributed by atoms with Crippen molar-refractivity contribution in [1.82, 2.24) is 4.90 Å². The van der Waals surface area contributed by atoms with Crippen LogP contribution in [0, 0.1) is 0 Å². The Morgan fingerprint density at radius 2 is 2.05 bits per heavy atom. The number of carbonyl (C=O) groups is 2. The molecule has 0 saturated carbocycles. The van der Waals surface area contributed by atoms with Gasteiger partial charge in [0, 0.05) is 13.6 Å². The third kappa shape index (κ3) is 3.36. The number of aromatic carboxylic acids is 1. The zero-order valence-electron chi connectivity index (χ0n) is 10.9. The molecule has 0 unspecified atom stereocenters. The van der Waals surface area contributed by atoms with E-state index >= 15 is 0 Å². The van der Waals surface area contributed by atoms with E-state index in [9.17, 15) is 9.59 Å². The number of rotatable bonds is 4. The Balaban J connectivity index is 2.06. The van der Waals surface area contributed by atoms with Gasteiger partial charge in [-0.1, -0.05) is 12.1 Å². The van der Waals surface area contributed by atoms with Crippen molar-refractivity contribution in [1.29, 1.82) is 0 Å². The SMILES string of the molecule is CN(Cc1ccsc1)C(=O)Nc1ccccc1C(=O)O. The molecule has 0 bridgehead atoms. The van der Waals surface area contributed by atoms with Gasteiger partial charge in [-0.15, -0.1) is 0 Å². The summed E-state index contributed by atoms with van der Waals surface area (Å²) in [6, 6.07) is 7.93. The summed E-state index contributed by atoms with van der Waals surface area (Å²) in [6.45, 7) is 0.477. The van der Waals surface area contributed by atoms with Crippen LogP contribution in [0.3, 0.4) is 0 Å². The fourth-order valence-electron chi connectivity index (χ4n) is 1.72. The molecule has 2 rings (SSSR count). The monoisotopic (exact) mass is 290 g/mol. The van der Waals surface area contributed by atoms with Crippen LogP contribution in [-0.2, 0) is 6.54 Å². The van der Waals surface area contributed by atoms with Crippen molar-refractivity contribution < 1.29 is 14.7 Å². The molecule has 1 heterocycles. The van der Waals surface area contributed by atoms with Crippen LogP contribution >= 0.6 is 11.3 Å². The van der Waals surface area contributed by atoms with Gasteiger partial charge in [-0.3, -0.25) is 0 Å². The number of carboxylic acids is 1. The fourth-order valence-corrected chi connectivity index (χ4v) is 2.38. The molecule has 0 radical (unpaired) electrons. The van der Waals surface area contributed by atoms with Crippen molar-refractivity contribution in [2.24, 2.45) is 0 Å². The Morgan fingerprint density at radius 3 is 2.70 bits per heavy atom. The zero-order chi connectivity index (χ0) is 14.5. The van der Waals surface area contributed by atoms with Crippen molar-refractivity contribution in [3.63, 3.8) is 0 Å². The Bertz CT molecular complexity index is 611. The highest BCUT2D eigenvalue weighted by molar-refractivity contribution is 7.07. The first kappa shape index (κ1) is 14.1. The molecule has 1 aromatic carbocycles. The summed E-state index contributed by atoms with van der Waals surface area (Å²) in [5.74, 6) is -1.07. The molecule has 0 spiro atoms. The first-order valence-electron chi connectivity index (χ1n) is 5.93. The number of carbonyl (C=O) groups excluding carboxylic acids is 1. The van der Waals surface area contributed by atoms with E-state index in [4.69, 9.17) is 5.11 Å². The number of carboxylic acid groups (broad SMARTS) is 1. The molecule has 0 aliphatic heterocycles. The standard InChI is InChI=1S/C14H14N2O3S/c1-16(8-10-6-7-20-9-10)14(19)15-12-5-3-2-4-11(12)13(17)18/h2-7,9H,8H2,1H3,(H,15,19)(H,17,18). The van der Waals surface area contributed by atoms with Crippen LogP contribution in [0.5, 0.6) is 0 Å². The lowest BCUT2D eigenvalue weighted by molar-refractivity contribution is 0.0698. The number of anilines is 1. The van der Waals surface area contributed by atoms with E-state index in [0.717, 1.165) is 5.56 Å². The van der Waals surface area contributed by atoms with Crippen molar-refractivity contribution in [3.05, 3.63) is 52.2 Å². The molecule has 2 aromatic rings. The van der Waals surface area contributed by atoms with Crippen LogP contribution in [0.4, 0.5) is 10.5 Å². The van der Waals surface area contributed by atoms with Gasteiger partial charge in [0.25, 0.3) is 0 Å². The number of benzene rings is 1. The minimum atomic E-state index is -1.07. The molecule has 2 N–H and O–H groups in total. The van der Waals surface area contributed by atoms with Crippen LogP contribution in [0.2, 0.25) is 0 Å². The maximum absolute atomic E-state index is 12.0. The summed E-state index contributed by atoms with van der Waals surface area (Å²) in [6.07, 6.45) is 0. The largest absolute Gasteiger partial charge is 0.478 e. The predicted octanol–water partition coefficient (Wildman–Crippen LogP) is 3.11. The Hall–Kier alpha value is -2.34. The molecule has 6 heteroatoms. The van der Waals surface area contributed by atoms with E-state index in [1.807, 2.05) is 16.8 Å². The minimum Gasteiger partial charge on any atom is -0.478 e. The van der Waals surface area contributed by atoms with E-state index in [1.54, 1.807) is 36.6 Å². The van der Waals surface area contributed by atoms with Crippen molar-refractivity contribution >= 4 is 29.0 Å². The Morgan fingerprint density at radius 1 is 1.30 bits per heavy atom. The van der Waals surface area contributed by atoms with Gasteiger partial charge in [-0.2, -0.15) is 11.3 Å². The number of thiophene rings is 1. The topological polar surface area (TPSA) is 69.6 Å². The second kappa shape index (κ2) is 6.21. The molecule has 5 nitrogen and oxygen atoms in total. The van der Waals surface area contributed by atoms with Gasteiger partial charge in [0.05, 0.1) is 11.3 Å². The van der Waals surface area contributed by atoms with E-state index < -0.39 is 5.97 Å². The molecule has 104 valence electrons. The molecule has 0 aliphatic rings. The number of urea groups is 1. The Kier molecular flexibility index (Phi) is 4.37. The van der Waals surface area contributed by atoms with Gasteiger partial charge < -0.3 is 15.3 Å². The fraction of sp³-hybridized carbons (Fsp3) is 0.143. The average molecular weight is 290 g/mol. The first-order chi connectivity index (χ1) is 9.58. The third-order valence-corrected chi connectivity index (χ3v) is 3.48. The van der Waals surface area contributed by atoms with Crippen LogP contribution < -0.4 is 5.32 Å². The van der Waals surface area contributed by atoms with Crippen molar-refractivity contribution in [2.45, 2.75) is 6.54 Å². The van der Waals surface area contributed by atoms with Gasteiger partial charge in [-0.25, -0.2) is 9.59 Å². The van der Waals surface area contributed by atoms with Crippen LogP contribution in [-0.4, -0.2) is 29.1 Å². The van der Waals surface area contributed by atoms with Crippen molar-refractivity contribution in [2.75, 3.05) is 12.4 Å². The van der Waals surface area contributed by atoms with Crippen LogP contribution in [0.15, 0.2) is 41.1 Å². The Labute approximate surface area is 120 Å². The number of nitrogens with zero attached hydrogens (tertiary/aromatic N) is 1. The maximum Gasteiger partial charge on any atom is 0.337 e. The van der Waals surface area contributed by atoms with Gasteiger partial charge in [0.15, 0.2) is 0 Å². The van der Waals surface area contributed by atoms with Gasteiger partial charge >= 0.3 is 12.0 Å². The maximum atomic E-state index is 12.0. The van der Waals surface area contributed by atoms with Gasteiger partial charge in [0.2, 0.25) is 0 Å². The summed E-state index contributed by atoms with van der Waals surface area (Å²) >= 11 is 1.57. The quantitative estimate of drug-likeness (QED) is 0.909. The van der Waals surface area contributed by atoms with E-state index in [2.05, 4.69) is 5.32 Å². The summed E-state index contributed by atoms with van der Waals surface area (Å²) in [5, 5.41) is 15.6. The highest BCUT2D eigenvalue weighted by atomic mass is 32.1. The number of hydrogen-bond donors (Lipinski definition) is 2. The lowest BCUT2D eigenvalue weighted by Gasteiger charge is -2.18. The number of nitrogens with one attached hydrogen (secondary N) is 1. The molecule has 0 saturated heterocycles. The van der Waals surface area contributed by atoms with Crippen molar-refractivity contribution in [3.8, 4) is 0 Å². The number of para-hydroxylation sites is 1. The van der Waals surface area contributed by atoms with E-state index in [-0.39, 0.29) is 11.6 Å². The third-order valence-electron chi connectivity index (χ3n) is 2.75. The predicted molar refractivity (Wildman–Crippen MR) is 78.2 cm³/mol. The van der Waals surface area contributed by atoms with Crippen LogP contribution in [0.1, 0.15) is 15.9 Å². The highest BCUT2D eigenvalue weighted by Crippen LogP contribution is 2.16. The molecule has 1 aromatic heterocycles. The smallest absolute Gasteiger partial charge is 0.337 e. The van der Waals surface area contributed by atoms with Crippen LogP contribution in [0.25, 0.3) is 0 Å². The van der Waals surface area contributed by atoms with Gasteiger partial charge in [-0.05, 0) is 34.5 Å². The summed E-state index contributed by atoms with van der Waals surface area (Å²) in [5.41, 5.74) is 1.41. The lowest BCUT2D eigenvalue weighted by Crippen LogP contribution is -2.31. The molecule has 2 amide bonds. The molecular formula is C14H14N2O3S. The molecule has 20 heavy (non-hydrogen) atoms. The average Bonchev–Trinajstić information content (AvgIpc) is 2.91. The second-order valence-electron chi connectivity index (χ2n) is 4.27. The molecular weight excluding hydrogens is 276 g/mol. The molecule has 0 fully saturated rings. The summed E-state index contributed by atoms with van der Waals surface area (Å²) < 4.78 is 0. The number of hydrogen-bond acceptors (Lipinski definition) is 3. The highest BCUT2D eigenvalue weighted by Gasteiger charge is 2.14. The molecule has 0 atom stereocenters. The zero-order valence-corrected chi connectivity index (χ0v) is 11.7. The van der Waals surface area contributed by atoms with E-state index in [1.165, 1.54) is 11.0 Å². The summed E-state index contributed by atoms with van der Waals surface area (Å²) in [7, 11) is 1.66. The molecule has 0 aliphatic carbocycles.